The molecule has 64 valence electrons. The predicted octanol–water partition coefficient (Wildman–Crippen LogP) is 3.47. The Morgan fingerprint density at radius 1 is 1.50 bits per heavy atom. The Morgan fingerprint density at radius 3 is 2.67 bits per heavy atom. The standard InChI is InChI=1S/C9H8Br2O/c1-6(12)9(11)7-3-2-4-8(10)5-7/h2-5,9H,1H3. The molecule has 1 unspecified atom stereocenters. The zero-order valence-electron chi connectivity index (χ0n) is 6.55. The molecule has 0 heterocycles. The van der Waals surface area contributed by atoms with E-state index in [0.29, 0.717) is 0 Å². The number of carbonyl (C=O) groups is 1. The monoisotopic (exact) mass is 290 g/mol. The minimum atomic E-state index is -0.185. The quantitative estimate of drug-likeness (QED) is 0.763. The average Bonchev–Trinajstić information content (AvgIpc) is 2.03. The van der Waals surface area contributed by atoms with Crippen LogP contribution in [0.2, 0.25) is 0 Å². The minimum Gasteiger partial charge on any atom is -0.298 e. The van der Waals surface area contributed by atoms with Crippen LogP contribution in [0.1, 0.15) is 17.3 Å². The normalized spacial score (nSPS) is 12.6. The van der Waals surface area contributed by atoms with Gasteiger partial charge in [-0.25, -0.2) is 0 Å². The van der Waals surface area contributed by atoms with Crippen molar-refractivity contribution in [3.63, 3.8) is 0 Å². The number of ketones is 1. The summed E-state index contributed by atoms with van der Waals surface area (Å²) in [6.45, 7) is 1.57. The van der Waals surface area contributed by atoms with Crippen LogP contribution in [0.4, 0.5) is 0 Å². The van der Waals surface area contributed by atoms with E-state index in [1.165, 1.54) is 0 Å². The Labute approximate surface area is 88.4 Å². The van der Waals surface area contributed by atoms with Gasteiger partial charge < -0.3 is 0 Å². The fourth-order valence-corrected chi connectivity index (χ4v) is 1.60. The molecule has 0 saturated carbocycles. The van der Waals surface area contributed by atoms with Gasteiger partial charge in [-0.1, -0.05) is 44.0 Å². The van der Waals surface area contributed by atoms with E-state index in [9.17, 15) is 4.79 Å². The molecule has 0 aliphatic carbocycles. The summed E-state index contributed by atoms with van der Waals surface area (Å²) in [5.74, 6) is 0.119. The molecule has 12 heavy (non-hydrogen) atoms. The number of rotatable bonds is 2. The molecular formula is C9H8Br2O. The molecule has 0 N–H and O–H groups in total. The van der Waals surface area contributed by atoms with Crippen molar-refractivity contribution < 1.29 is 4.79 Å². The van der Waals surface area contributed by atoms with Gasteiger partial charge in [0.05, 0.1) is 4.83 Å². The van der Waals surface area contributed by atoms with Crippen molar-refractivity contribution in [1.29, 1.82) is 0 Å². The van der Waals surface area contributed by atoms with E-state index in [1.54, 1.807) is 6.92 Å². The summed E-state index contributed by atoms with van der Waals surface area (Å²) >= 11 is 6.66. The second-order valence-electron chi connectivity index (χ2n) is 2.53. The first-order chi connectivity index (χ1) is 5.61. The van der Waals surface area contributed by atoms with Crippen molar-refractivity contribution in [2.45, 2.75) is 11.8 Å². The molecule has 1 nitrogen and oxygen atoms in total. The van der Waals surface area contributed by atoms with Crippen LogP contribution in [-0.4, -0.2) is 5.78 Å². The molecule has 0 aliphatic heterocycles. The van der Waals surface area contributed by atoms with Crippen LogP contribution in [0, 0.1) is 0 Å². The smallest absolute Gasteiger partial charge is 0.147 e. The van der Waals surface area contributed by atoms with Gasteiger partial charge in [0.15, 0.2) is 0 Å². The van der Waals surface area contributed by atoms with E-state index >= 15 is 0 Å². The summed E-state index contributed by atoms with van der Waals surface area (Å²) in [5.41, 5.74) is 0.983. The average molecular weight is 292 g/mol. The third kappa shape index (κ3) is 2.42. The molecule has 0 spiro atoms. The molecular weight excluding hydrogens is 284 g/mol. The van der Waals surface area contributed by atoms with Gasteiger partial charge in [-0.3, -0.25) is 4.79 Å². The zero-order chi connectivity index (χ0) is 9.14. The molecule has 1 aromatic carbocycles. The van der Waals surface area contributed by atoms with Crippen molar-refractivity contribution in [1.82, 2.24) is 0 Å². The molecule has 0 aromatic heterocycles. The highest BCUT2D eigenvalue weighted by molar-refractivity contribution is 9.10. The number of hydrogen-bond acceptors (Lipinski definition) is 1. The van der Waals surface area contributed by atoms with Gasteiger partial charge in [-0.15, -0.1) is 0 Å². The second-order valence-corrected chi connectivity index (χ2v) is 4.36. The van der Waals surface area contributed by atoms with Gasteiger partial charge in [0, 0.05) is 4.47 Å². The molecule has 1 atom stereocenters. The predicted molar refractivity (Wildman–Crippen MR) is 56.5 cm³/mol. The van der Waals surface area contributed by atoms with Crippen LogP contribution in [0.15, 0.2) is 28.7 Å². The molecule has 0 fully saturated rings. The Morgan fingerprint density at radius 2 is 2.17 bits per heavy atom. The molecule has 0 saturated heterocycles. The molecule has 1 rings (SSSR count). The zero-order valence-corrected chi connectivity index (χ0v) is 9.72. The van der Waals surface area contributed by atoms with Gasteiger partial charge in [0.2, 0.25) is 0 Å². The summed E-state index contributed by atoms with van der Waals surface area (Å²) in [6.07, 6.45) is 0. The fraction of sp³-hybridized carbons (Fsp3) is 0.222. The largest absolute Gasteiger partial charge is 0.298 e. The second kappa shape index (κ2) is 4.19. The van der Waals surface area contributed by atoms with Gasteiger partial charge in [-0.05, 0) is 24.6 Å². The molecule has 0 amide bonds. The Hall–Kier alpha value is -0.150. The lowest BCUT2D eigenvalue weighted by atomic mass is 10.1. The lowest BCUT2D eigenvalue weighted by molar-refractivity contribution is -0.116. The van der Waals surface area contributed by atoms with E-state index in [4.69, 9.17) is 0 Å². The van der Waals surface area contributed by atoms with Crippen LogP contribution < -0.4 is 0 Å². The molecule has 0 bridgehead atoms. The molecule has 0 aliphatic rings. The summed E-state index contributed by atoms with van der Waals surface area (Å²) in [7, 11) is 0. The number of alkyl halides is 1. The highest BCUT2D eigenvalue weighted by Crippen LogP contribution is 2.25. The van der Waals surface area contributed by atoms with E-state index < -0.39 is 0 Å². The van der Waals surface area contributed by atoms with E-state index in [-0.39, 0.29) is 10.6 Å². The molecule has 3 heteroatoms. The van der Waals surface area contributed by atoms with Gasteiger partial charge in [-0.2, -0.15) is 0 Å². The molecule has 0 radical (unpaired) electrons. The maximum Gasteiger partial charge on any atom is 0.147 e. The van der Waals surface area contributed by atoms with Crippen LogP contribution in [0.5, 0.6) is 0 Å². The lowest BCUT2D eigenvalue weighted by Gasteiger charge is -2.05. The van der Waals surface area contributed by atoms with E-state index in [1.807, 2.05) is 24.3 Å². The summed E-state index contributed by atoms with van der Waals surface area (Å²) in [4.78, 5) is 10.8. The lowest BCUT2D eigenvalue weighted by Crippen LogP contribution is -2.00. The minimum absolute atomic E-state index is 0.119. The van der Waals surface area contributed by atoms with E-state index in [0.717, 1.165) is 10.0 Å². The molecule has 1 aromatic rings. The topological polar surface area (TPSA) is 17.1 Å². The summed E-state index contributed by atoms with van der Waals surface area (Å²) < 4.78 is 0.991. The van der Waals surface area contributed by atoms with Crippen LogP contribution in [0.3, 0.4) is 0 Å². The first-order valence-corrected chi connectivity index (χ1v) is 5.22. The van der Waals surface area contributed by atoms with Crippen LogP contribution >= 0.6 is 31.9 Å². The number of halogens is 2. The third-order valence-electron chi connectivity index (χ3n) is 1.50. The van der Waals surface area contributed by atoms with Gasteiger partial charge >= 0.3 is 0 Å². The van der Waals surface area contributed by atoms with Crippen LogP contribution in [-0.2, 0) is 4.79 Å². The Kier molecular flexibility index (Phi) is 3.47. The maximum absolute atomic E-state index is 11.0. The van der Waals surface area contributed by atoms with Crippen molar-refractivity contribution in [2.75, 3.05) is 0 Å². The first kappa shape index (κ1) is 9.93. The SMILES string of the molecule is CC(=O)C(Br)c1cccc(Br)c1. The van der Waals surface area contributed by atoms with Crippen molar-refractivity contribution in [3.8, 4) is 0 Å². The van der Waals surface area contributed by atoms with E-state index in [2.05, 4.69) is 31.9 Å². The number of benzene rings is 1. The number of hydrogen-bond donors (Lipinski definition) is 0. The summed E-state index contributed by atoms with van der Waals surface area (Å²) in [5, 5.41) is 0. The third-order valence-corrected chi connectivity index (χ3v) is 3.16. The Bertz CT molecular complexity index is 296. The first-order valence-electron chi connectivity index (χ1n) is 3.51. The van der Waals surface area contributed by atoms with Gasteiger partial charge in [0.1, 0.15) is 5.78 Å². The fourth-order valence-electron chi connectivity index (χ4n) is 0.899. The highest BCUT2D eigenvalue weighted by atomic mass is 79.9. The van der Waals surface area contributed by atoms with Crippen LogP contribution in [0.25, 0.3) is 0 Å². The highest BCUT2D eigenvalue weighted by Gasteiger charge is 2.11. The van der Waals surface area contributed by atoms with Crippen molar-refractivity contribution >= 4 is 37.6 Å². The van der Waals surface area contributed by atoms with Gasteiger partial charge in [0.25, 0.3) is 0 Å². The number of carbonyl (C=O) groups excluding carboxylic acids is 1. The summed E-state index contributed by atoms with van der Waals surface area (Å²) in [6, 6.07) is 7.70. The Balaban J connectivity index is 2.95. The number of Topliss-reactive ketones (excluding diaryl/α,β-unsaturated/α-hetero) is 1. The van der Waals surface area contributed by atoms with Crippen molar-refractivity contribution in [2.24, 2.45) is 0 Å². The van der Waals surface area contributed by atoms with Crippen molar-refractivity contribution in [3.05, 3.63) is 34.3 Å². The maximum atomic E-state index is 11.0.